The van der Waals surface area contributed by atoms with E-state index in [9.17, 15) is 9.59 Å². The predicted octanol–water partition coefficient (Wildman–Crippen LogP) is 3.63. The van der Waals surface area contributed by atoms with E-state index in [4.69, 9.17) is 4.74 Å². The van der Waals surface area contributed by atoms with Gasteiger partial charge in [0.25, 0.3) is 5.91 Å². The standard InChI is InChI=1S/C21H24N4O3/c1-28-21(27)16-9-5-6-10-17(16)23-19-12-11-18(24-25-19)20(26)22-14-13-15-7-3-2-4-8-15/h5-7,9-12H,2-4,8,13-14H2,1H3,(H,22,26)(H,23,25). The lowest BCUT2D eigenvalue weighted by molar-refractivity contribution is 0.0601. The Morgan fingerprint density at radius 2 is 1.96 bits per heavy atom. The number of anilines is 2. The van der Waals surface area contributed by atoms with Crippen molar-refractivity contribution in [1.29, 1.82) is 0 Å². The average Bonchev–Trinajstić information content (AvgIpc) is 2.75. The van der Waals surface area contributed by atoms with Gasteiger partial charge in [0.1, 0.15) is 0 Å². The highest BCUT2D eigenvalue weighted by atomic mass is 16.5. The molecule has 146 valence electrons. The third-order valence-electron chi connectivity index (χ3n) is 4.61. The largest absolute Gasteiger partial charge is 0.465 e. The molecule has 0 bridgehead atoms. The summed E-state index contributed by atoms with van der Waals surface area (Å²) in [6, 6.07) is 10.2. The van der Waals surface area contributed by atoms with Gasteiger partial charge in [-0.3, -0.25) is 4.79 Å². The number of para-hydroxylation sites is 1. The van der Waals surface area contributed by atoms with Gasteiger partial charge in [-0.1, -0.05) is 23.8 Å². The molecule has 1 aromatic carbocycles. The minimum Gasteiger partial charge on any atom is -0.465 e. The zero-order chi connectivity index (χ0) is 19.8. The number of amides is 1. The molecule has 1 amide bonds. The Morgan fingerprint density at radius 3 is 2.68 bits per heavy atom. The van der Waals surface area contributed by atoms with Crippen molar-refractivity contribution in [2.45, 2.75) is 32.1 Å². The van der Waals surface area contributed by atoms with Gasteiger partial charge in [-0.05, 0) is 56.4 Å². The van der Waals surface area contributed by atoms with E-state index < -0.39 is 5.97 Å². The van der Waals surface area contributed by atoms with Gasteiger partial charge in [-0.25, -0.2) is 4.79 Å². The molecule has 0 fully saturated rings. The molecule has 2 N–H and O–H groups in total. The molecule has 3 rings (SSSR count). The lowest BCUT2D eigenvalue weighted by Gasteiger charge is -2.13. The summed E-state index contributed by atoms with van der Waals surface area (Å²) >= 11 is 0. The van der Waals surface area contributed by atoms with Crippen LogP contribution in [0.2, 0.25) is 0 Å². The van der Waals surface area contributed by atoms with Crippen LogP contribution in [0.25, 0.3) is 0 Å². The predicted molar refractivity (Wildman–Crippen MR) is 107 cm³/mol. The summed E-state index contributed by atoms with van der Waals surface area (Å²) in [6.45, 7) is 0.596. The number of benzene rings is 1. The lowest BCUT2D eigenvalue weighted by atomic mass is 9.97. The van der Waals surface area contributed by atoms with E-state index in [0.717, 1.165) is 19.3 Å². The first-order valence-electron chi connectivity index (χ1n) is 9.41. The van der Waals surface area contributed by atoms with Gasteiger partial charge in [-0.2, -0.15) is 0 Å². The first-order valence-corrected chi connectivity index (χ1v) is 9.41. The summed E-state index contributed by atoms with van der Waals surface area (Å²) in [5, 5.41) is 13.9. The maximum Gasteiger partial charge on any atom is 0.339 e. The molecule has 2 aromatic rings. The van der Waals surface area contributed by atoms with Gasteiger partial charge in [-0.15, -0.1) is 10.2 Å². The fraction of sp³-hybridized carbons (Fsp3) is 0.333. The van der Waals surface area contributed by atoms with E-state index in [1.54, 1.807) is 36.4 Å². The van der Waals surface area contributed by atoms with Gasteiger partial charge >= 0.3 is 5.97 Å². The molecule has 0 spiro atoms. The second kappa shape index (κ2) is 9.64. The van der Waals surface area contributed by atoms with Crippen LogP contribution >= 0.6 is 0 Å². The highest BCUT2D eigenvalue weighted by molar-refractivity contribution is 5.96. The molecule has 28 heavy (non-hydrogen) atoms. The first-order chi connectivity index (χ1) is 13.7. The van der Waals surface area contributed by atoms with Crippen molar-refractivity contribution >= 4 is 23.4 Å². The molecule has 1 heterocycles. The molecule has 1 aliphatic carbocycles. The van der Waals surface area contributed by atoms with Crippen molar-refractivity contribution in [1.82, 2.24) is 15.5 Å². The van der Waals surface area contributed by atoms with Crippen LogP contribution in [0.1, 0.15) is 53.0 Å². The number of nitrogens with zero attached hydrogens (tertiary/aromatic N) is 2. The maximum absolute atomic E-state index is 12.2. The highest BCUT2D eigenvalue weighted by Gasteiger charge is 2.13. The smallest absolute Gasteiger partial charge is 0.339 e. The van der Waals surface area contributed by atoms with E-state index in [1.165, 1.54) is 25.5 Å². The highest BCUT2D eigenvalue weighted by Crippen LogP contribution is 2.21. The minimum atomic E-state index is -0.444. The number of ether oxygens (including phenoxy) is 1. The van der Waals surface area contributed by atoms with Crippen LogP contribution in [-0.4, -0.2) is 35.7 Å². The zero-order valence-electron chi connectivity index (χ0n) is 15.9. The summed E-state index contributed by atoms with van der Waals surface area (Å²) < 4.78 is 4.77. The summed E-state index contributed by atoms with van der Waals surface area (Å²) in [5.41, 5.74) is 2.62. The average molecular weight is 380 g/mol. The molecule has 7 nitrogen and oxygen atoms in total. The van der Waals surface area contributed by atoms with Gasteiger partial charge in [0, 0.05) is 6.54 Å². The summed E-state index contributed by atoms with van der Waals surface area (Å²) in [6.07, 6.45) is 7.92. The van der Waals surface area contributed by atoms with Crippen LogP contribution in [-0.2, 0) is 4.74 Å². The molecular weight excluding hydrogens is 356 g/mol. The van der Waals surface area contributed by atoms with Crippen LogP contribution in [0, 0.1) is 0 Å². The Labute approximate surface area is 164 Å². The van der Waals surface area contributed by atoms with Crippen molar-refractivity contribution in [3.8, 4) is 0 Å². The molecular formula is C21H24N4O3. The monoisotopic (exact) mass is 380 g/mol. The molecule has 0 unspecified atom stereocenters. The number of nitrogens with one attached hydrogen (secondary N) is 2. The zero-order valence-corrected chi connectivity index (χ0v) is 15.9. The fourth-order valence-corrected chi connectivity index (χ4v) is 3.10. The quantitative estimate of drug-likeness (QED) is 0.563. The number of methoxy groups -OCH3 is 1. The second-order valence-corrected chi connectivity index (χ2v) is 6.58. The van der Waals surface area contributed by atoms with Crippen molar-refractivity contribution in [2.24, 2.45) is 0 Å². The molecule has 0 aliphatic heterocycles. The molecule has 0 saturated carbocycles. The normalized spacial score (nSPS) is 13.4. The van der Waals surface area contributed by atoms with E-state index in [1.807, 2.05) is 0 Å². The summed E-state index contributed by atoms with van der Waals surface area (Å²) in [4.78, 5) is 24.1. The van der Waals surface area contributed by atoms with E-state index in [0.29, 0.717) is 23.6 Å². The number of carbonyl (C=O) groups excluding carboxylic acids is 2. The van der Waals surface area contributed by atoms with Crippen molar-refractivity contribution in [3.05, 3.63) is 59.3 Å². The minimum absolute atomic E-state index is 0.245. The molecule has 0 saturated heterocycles. The van der Waals surface area contributed by atoms with Crippen LogP contribution in [0.15, 0.2) is 48.0 Å². The van der Waals surface area contributed by atoms with Crippen molar-refractivity contribution in [2.75, 3.05) is 19.0 Å². The number of rotatable bonds is 7. The number of hydrogen-bond acceptors (Lipinski definition) is 6. The van der Waals surface area contributed by atoms with Crippen LogP contribution in [0.4, 0.5) is 11.5 Å². The second-order valence-electron chi connectivity index (χ2n) is 6.58. The Morgan fingerprint density at radius 1 is 1.11 bits per heavy atom. The Kier molecular flexibility index (Phi) is 6.73. The number of aromatic nitrogens is 2. The third-order valence-corrected chi connectivity index (χ3v) is 4.61. The molecule has 1 aliphatic rings. The summed E-state index contributed by atoms with van der Waals surface area (Å²) in [5.74, 6) is -0.258. The Hall–Kier alpha value is -3.22. The Balaban J connectivity index is 1.57. The van der Waals surface area contributed by atoms with Gasteiger partial charge in [0.05, 0.1) is 18.4 Å². The number of allylic oxidation sites excluding steroid dienone is 1. The van der Waals surface area contributed by atoms with E-state index in [-0.39, 0.29) is 11.6 Å². The molecule has 0 radical (unpaired) electrons. The molecule has 7 heteroatoms. The van der Waals surface area contributed by atoms with Crippen molar-refractivity contribution < 1.29 is 14.3 Å². The lowest BCUT2D eigenvalue weighted by Crippen LogP contribution is -2.26. The fourth-order valence-electron chi connectivity index (χ4n) is 3.10. The van der Waals surface area contributed by atoms with Crippen LogP contribution in [0.5, 0.6) is 0 Å². The van der Waals surface area contributed by atoms with Gasteiger partial charge in [0.15, 0.2) is 11.5 Å². The summed E-state index contributed by atoms with van der Waals surface area (Å²) in [7, 11) is 1.33. The SMILES string of the molecule is COC(=O)c1ccccc1Nc1ccc(C(=O)NCCC2=CCCCC2)nn1. The van der Waals surface area contributed by atoms with Crippen LogP contribution < -0.4 is 10.6 Å². The Bertz CT molecular complexity index is 862. The van der Waals surface area contributed by atoms with Gasteiger partial charge in [0.2, 0.25) is 0 Å². The topological polar surface area (TPSA) is 93.2 Å². The number of carbonyl (C=O) groups is 2. The molecule has 0 atom stereocenters. The van der Waals surface area contributed by atoms with E-state index >= 15 is 0 Å². The van der Waals surface area contributed by atoms with Crippen molar-refractivity contribution in [3.63, 3.8) is 0 Å². The number of hydrogen-bond donors (Lipinski definition) is 2. The number of esters is 1. The molecule has 1 aromatic heterocycles. The maximum atomic E-state index is 12.2. The first kappa shape index (κ1) is 19.5. The van der Waals surface area contributed by atoms with Crippen LogP contribution in [0.3, 0.4) is 0 Å². The van der Waals surface area contributed by atoms with E-state index in [2.05, 4.69) is 26.9 Å². The third kappa shape index (κ3) is 5.16. The van der Waals surface area contributed by atoms with Gasteiger partial charge < -0.3 is 15.4 Å².